The van der Waals surface area contributed by atoms with E-state index >= 15 is 0 Å². The molecule has 1 unspecified atom stereocenters. The summed E-state index contributed by atoms with van der Waals surface area (Å²) in [6.07, 6.45) is 0. The number of thiophene rings is 1. The van der Waals surface area contributed by atoms with E-state index in [0.29, 0.717) is 18.0 Å². The molecule has 0 aliphatic heterocycles. The normalized spacial score (nSPS) is 12.1. The van der Waals surface area contributed by atoms with E-state index < -0.39 is 5.97 Å². The van der Waals surface area contributed by atoms with Crippen molar-refractivity contribution in [3.63, 3.8) is 0 Å². The molecule has 17 heavy (non-hydrogen) atoms. The first-order valence-electron chi connectivity index (χ1n) is 5.15. The summed E-state index contributed by atoms with van der Waals surface area (Å²) in [6.45, 7) is 3.04. The number of carboxylic acid groups (broad SMARTS) is 1. The SMILES string of the molecule is COCC(C)CNC(=O)c1ccc(C(=O)O)s1. The van der Waals surface area contributed by atoms with E-state index in [1.54, 1.807) is 7.11 Å². The van der Waals surface area contributed by atoms with Gasteiger partial charge in [0.15, 0.2) is 0 Å². The van der Waals surface area contributed by atoms with Crippen molar-refractivity contribution in [1.82, 2.24) is 5.32 Å². The fourth-order valence-corrected chi connectivity index (χ4v) is 2.03. The van der Waals surface area contributed by atoms with Crippen LogP contribution < -0.4 is 5.32 Å². The number of aromatic carboxylic acids is 1. The zero-order chi connectivity index (χ0) is 12.8. The van der Waals surface area contributed by atoms with Gasteiger partial charge in [-0.3, -0.25) is 4.79 Å². The minimum absolute atomic E-state index is 0.167. The van der Waals surface area contributed by atoms with Crippen molar-refractivity contribution in [1.29, 1.82) is 0 Å². The van der Waals surface area contributed by atoms with Gasteiger partial charge in [-0.05, 0) is 18.1 Å². The second kappa shape index (κ2) is 6.36. The Balaban J connectivity index is 2.49. The lowest BCUT2D eigenvalue weighted by atomic mass is 10.2. The molecule has 1 rings (SSSR count). The summed E-state index contributed by atoms with van der Waals surface area (Å²) < 4.78 is 4.95. The minimum atomic E-state index is -1.01. The summed E-state index contributed by atoms with van der Waals surface area (Å²) in [5.41, 5.74) is 0. The van der Waals surface area contributed by atoms with Gasteiger partial charge in [-0.2, -0.15) is 0 Å². The summed E-state index contributed by atoms with van der Waals surface area (Å²) in [5.74, 6) is -1.03. The first-order valence-corrected chi connectivity index (χ1v) is 5.96. The molecule has 0 aromatic carbocycles. The number of carboxylic acids is 1. The molecule has 1 aromatic rings. The van der Waals surface area contributed by atoms with Crippen molar-refractivity contribution in [2.45, 2.75) is 6.92 Å². The highest BCUT2D eigenvalue weighted by atomic mass is 32.1. The number of hydrogen-bond acceptors (Lipinski definition) is 4. The highest BCUT2D eigenvalue weighted by molar-refractivity contribution is 7.15. The molecular formula is C11H15NO4S. The van der Waals surface area contributed by atoms with Crippen LogP contribution in [0.1, 0.15) is 26.3 Å². The van der Waals surface area contributed by atoms with Crippen molar-refractivity contribution in [2.24, 2.45) is 5.92 Å². The minimum Gasteiger partial charge on any atom is -0.477 e. The zero-order valence-corrected chi connectivity index (χ0v) is 10.5. The molecule has 0 aliphatic rings. The van der Waals surface area contributed by atoms with Gasteiger partial charge in [0, 0.05) is 13.7 Å². The lowest BCUT2D eigenvalue weighted by molar-refractivity contribution is 0.0702. The maximum atomic E-state index is 11.7. The van der Waals surface area contributed by atoms with Gasteiger partial charge in [-0.15, -0.1) is 11.3 Å². The van der Waals surface area contributed by atoms with E-state index in [1.807, 2.05) is 6.92 Å². The largest absolute Gasteiger partial charge is 0.477 e. The number of nitrogens with one attached hydrogen (secondary N) is 1. The van der Waals surface area contributed by atoms with Crippen LogP contribution in [-0.4, -0.2) is 37.2 Å². The molecule has 1 atom stereocenters. The molecule has 0 fully saturated rings. The molecule has 2 N–H and O–H groups in total. The van der Waals surface area contributed by atoms with Crippen LogP contribution in [0.5, 0.6) is 0 Å². The predicted octanol–water partition coefficient (Wildman–Crippen LogP) is 1.46. The van der Waals surface area contributed by atoms with Crippen LogP contribution in [0.15, 0.2) is 12.1 Å². The molecule has 0 spiro atoms. The molecule has 94 valence electrons. The Hall–Kier alpha value is -1.40. The fourth-order valence-electron chi connectivity index (χ4n) is 1.27. The van der Waals surface area contributed by atoms with Gasteiger partial charge in [0.2, 0.25) is 0 Å². The molecule has 0 aliphatic carbocycles. The van der Waals surface area contributed by atoms with E-state index in [2.05, 4.69) is 5.32 Å². The third kappa shape index (κ3) is 4.16. The zero-order valence-electron chi connectivity index (χ0n) is 9.73. The molecule has 1 aromatic heterocycles. The van der Waals surface area contributed by atoms with Crippen molar-refractivity contribution >= 4 is 23.2 Å². The van der Waals surface area contributed by atoms with Crippen LogP contribution in [0.3, 0.4) is 0 Å². The van der Waals surface area contributed by atoms with Crippen molar-refractivity contribution in [2.75, 3.05) is 20.3 Å². The van der Waals surface area contributed by atoms with Gasteiger partial charge in [0.1, 0.15) is 4.88 Å². The monoisotopic (exact) mass is 257 g/mol. The third-order valence-corrected chi connectivity index (χ3v) is 3.17. The highest BCUT2D eigenvalue weighted by Gasteiger charge is 2.13. The first kappa shape index (κ1) is 13.7. The number of amides is 1. The number of carbonyl (C=O) groups excluding carboxylic acids is 1. The smallest absolute Gasteiger partial charge is 0.345 e. The second-order valence-corrected chi connectivity index (χ2v) is 4.82. The number of ether oxygens (including phenoxy) is 1. The Labute approximate surface area is 103 Å². The van der Waals surface area contributed by atoms with Gasteiger partial charge in [0.05, 0.1) is 11.5 Å². The summed E-state index contributed by atoms with van der Waals surface area (Å²) in [5, 5.41) is 11.5. The Morgan fingerprint density at radius 1 is 1.47 bits per heavy atom. The van der Waals surface area contributed by atoms with Gasteiger partial charge in [0.25, 0.3) is 5.91 Å². The average Bonchev–Trinajstić information content (AvgIpc) is 2.75. The Bertz CT molecular complexity index is 402. The molecule has 0 saturated carbocycles. The van der Waals surface area contributed by atoms with Crippen LogP contribution in [-0.2, 0) is 4.74 Å². The maximum absolute atomic E-state index is 11.7. The van der Waals surface area contributed by atoms with Crippen molar-refractivity contribution in [3.8, 4) is 0 Å². The van der Waals surface area contributed by atoms with Crippen molar-refractivity contribution in [3.05, 3.63) is 21.9 Å². The summed E-state index contributed by atoms with van der Waals surface area (Å²) in [4.78, 5) is 22.9. The molecule has 1 heterocycles. The standard InChI is InChI=1S/C11H15NO4S/c1-7(6-16-2)5-12-10(13)8-3-4-9(17-8)11(14)15/h3-4,7H,5-6H2,1-2H3,(H,12,13)(H,14,15). The van der Waals surface area contributed by atoms with Crippen LogP contribution in [0, 0.1) is 5.92 Å². The number of carbonyl (C=O) groups is 2. The van der Waals surface area contributed by atoms with Gasteiger partial charge < -0.3 is 15.2 Å². The van der Waals surface area contributed by atoms with Crippen LogP contribution in [0.25, 0.3) is 0 Å². The number of hydrogen-bond donors (Lipinski definition) is 2. The molecular weight excluding hydrogens is 242 g/mol. The highest BCUT2D eigenvalue weighted by Crippen LogP contribution is 2.16. The summed E-state index contributed by atoms with van der Waals surface area (Å²) in [6, 6.07) is 2.95. The van der Waals surface area contributed by atoms with Gasteiger partial charge >= 0.3 is 5.97 Å². The van der Waals surface area contributed by atoms with E-state index in [-0.39, 0.29) is 16.7 Å². The lowest BCUT2D eigenvalue weighted by Gasteiger charge is -2.10. The molecule has 6 heteroatoms. The number of rotatable bonds is 6. The Kier molecular flexibility index (Phi) is 5.11. The van der Waals surface area contributed by atoms with Gasteiger partial charge in [-0.1, -0.05) is 6.92 Å². The quantitative estimate of drug-likeness (QED) is 0.809. The molecule has 0 saturated heterocycles. The topological polar surface area (TPSA) is 75.6 Å². The van der Waals surface area contributed by atoms with Crippen molar-refractivity contribution < 1.29 is 19.4 Å². The third-order valence-electron chi connectivity index (χ3n) is 2.10. The predicted molar refractivity (Wildman–Crippen MR) is 64.7 cm³/mol. The van der Waals surface area contributed by atoms with Gasteiger partial charge in [-0.25, -0.2) is 4.79 Å². The summed E-state index contributed by atoms with van der Waals surface area (Å²) in [7, 11) is 1.61. The number of methoxy groups -OCH3 is 1. The molecule has 1 amide bonds. The van der Waals surface area contributed by atoms with Crippen LogP contribution >= 0.6 is 11.3 Å². The van der Waals surface area contributed by atoms with E-state index in [4.69, 9.17) is 9.84 Å². The maximum Gasteiger partial charge on any atom is 0.345 e. The van der Waals surface area contributed by atoms with Crippen LogP contribution in [0.2, 0.25) is 0 Å². The molecule has 5 nitrogen and oxygen atoms in total. The lowest BCUT2D eigenvalue weighted by Crippen LogP contribution is -2.29. The average molecular weight is 257 g/mol. The van der Waals surface area contributed by atoms with Crippen LogP contribution in [0.4, 0.5) is 0 Å². The first-order chi connectivity index (χ1) is 8.04. The molecule has 0 bridgehead atoms. The second-order valence-electron chi connectivity index (χ2n) is 3.74. The summed E-state index contributed by atoms with van der Waals surface area (Å²) >= 11 is 0.971. The Morgan fingerprint density at radius 2 is 2.12 bits per heavy atom. The van der Waals surface area contributed by atoms with E-state index in [1.165, 1.54) is 12.1 Å². The van der Waals surface area contributed by atoms with E-state index in [9.17, 15) is 9.59 Å². The Morgan fingerprint density at radius 3 is 2.65 bits per heavy atom. The fraction of sp³-hybridized carbons (Fsp3) is 0.455. The molecule has 0 radical (unpaired) electrons. The van der Waals surface area contributed by atoms with E-state index in [0.717, 1.165) is 11.3 Å².